The molecule has 0 aliphatic carbocycles. The van der Waals surface area contributed by atoms with Crippen LogP contribution in [0, 0.1) is 0 Å². The SMILES string of the molecule is CCNC(=O)C(CC)N(Cc1cccc(OC)c1)C(=O)COc1cccc2ccccc12. The molecule has 6 heteroatoms. The molecule has 0 aliphatic rings. The summed E-state index contributed by atoms with van der Waals surface area (Å²) in [4.78, 5) is 27.6. The van der Waals surface area contributed by atoms with Crippen molar-refractivity contribution in [2.45, 2.75) is 32.9 Å². The Labute approximate surface area is 189 Å². The first kappa shape index (κ1) is 23.1. The minimum atomic E-state index is -0.593. The first-order valence-electron chi connectivity index (χ1n) is 10.9. The number of ether oxygens (including phenoxy) is 2. The predicted molar refractivity (Wildman–Crippen MR) is 126 cm³/mol. The van der Waals surface area contributed by atoms with Crippen LogP contribution >= 0.6 is 0 Å². The molecule has 6 nitrogen and oxygen atoms in total. The summed E-state index contributed by atoms with van der Waals surface area (Å²) in [5.41, 5.74) is 0.880. The van der Waals surface area contributed by atoms with Gasteiger partial charge in [-0.2, -0.15) is 0 Å². The number of likely N-dealkylation sites (N-methyl/N-ethyl adjacent to an activating group) is 1. The van der Waals surface area contributed by atoms with Crippen molar-refractivity contribution in [3.63, 3.8) is 0 Å². The van der Waals surface area contributed by atoms with E-state index in [1.54, 1.807) is 12.0 Å². The highest BCUT2D eigenvalue weighted by Gasteiger charge is 2.28. The minimum Gasteiger partial charge on any atom is -0.497 e. The Morgan fingerprint density at radius 1 is 1.00 bits per heavy atom. The first-order valence-corrected chi connectivity index (χ1v) is 10.9. The molecular formula is C26H30N2O4. The fraction of sp³-hybridized carbons (Fsp3) is 0.308. The molecule has 0 aliphatic heterocycles. The summed E-state index contributed by atoms with van der Waals surface area (Å²) >= 11 is 0. The van der Waals surface area contributed by atoms with Gasteiger partial charge in [0.25, 0.3) is 5.91 Å². The fourth-order valence-electron chi connectivity index (χ4n) is 3.72. The third-order valence-electron chi connectivity index (χ3n) is 5.32. The zero-order chi connectivity index (χ0) is 22.9. The summed E-state index contributed by atoms with van der Waals surface area (Å²) in [5, 5.41) is 4.82. The molecule has 0 saturated heterocycles. The normalized spacial score (nSPS) is 11.6. The van der Waals surface area contributed by atoms with Gasteiger partial charge in [-0.15, -0.1) is 0 Å². The van der Waals surface area contributed by atoms with Crippen LogP contribution in [0.15, 0.2) is 66.7 Å². The van der Waals surface area contributed by atoms with E-state index in [-0.39, 0.29) is 25.0 Å². The summed E-state index contributed by atoms with van der Waals surface area (Å²) < 4.78 is 11.2. The molecule has 1 unspecified atom stereocenters. The molecule has 0 bridgehead atoms. The van der Waals surface area contributed by atoms with Gasteiger partial charge in [-0.3, -0.25) is 9.59 Å². The summed E-state index contributed by atoms with van der Waals surface area (Å²) in [6.45, 7) is 4.39. The van der Waals surface area contributed by atoms with Crippen molar-refractivity contribution >= 4 is 22.6 Å². The maximum atomic E-state index is 13.3. The maximum Gasteiger partial charge on any atom is 0.261 e. The second-order valence-electron chi connectivity index (χ2n) is 7.46. The average Bonchev–Trinajstić information content (AvgIpc) is 2.82. The van der Waals surface area contributed by atoms with Crippen LogP contribution in [0.2, 0.25) is 0 Å². The molecule has 3 rings (SSSR count). The fourth-order valence-corrected chi connectivity index (χ4v) is 3.72. The van der Waals surface area contributed by atoms with Crippen LogP contribution in [0.25, 0.3) is 10.8 Å². The van der Waals surface area contributed by atoms with Crippen LogP contribution in [0.5, 0.6) is 11.5 Å². The summed E-state index contributed by atoms with van der Waals surface area (Å²) in [7, 11) is 1.60. The molecule has 3 aromatic carbocycles. The Morgan fingerprint density at radius 3 is 2.50 bits per heavy atom. The van der Waals surface area contributed by atoms with Crippen LogP contribution in [0.1, 0.15) is 25.8 Å². The highest BCUT2D eigenvalue weighted by atomic mass is 16.5. The van der Waals surface area contributed by atoms with Gasteiger partial charge < -0.3 is 19.7 Å². The predicted octanol–water partition coefficient (Wildman–Crippen LogP) is 4.17. The lowest BCUT2D eigenvalue weighted by Gasteiger charge is -2.30. The summed E-state index contributed by atoms with van der Waals surface area (Å²) in [6.07, 6.45) is 0.496. The van der Waals surface area contributed by atoms with E-state index in [4.69, 9.17) is 9.47 Å². The number of nitrogens with zero attached hydrogens (tertiary/aromatic N) is 1. The highest BCUT2D eigenvalue weighted by Crippen LogP contribution is 2.25. The number of methoxy groups -OCH3 is 1. The third kappa shape index (κ3) is 5.58. The number of amides is 2. The third-order valence-corrected chi connectivity index (χ3v) is 5.32. The summed E-state index contributed by atoms with van der Waals surface area (Å²) in [5.74, 6) is 0.923. The zero-order valence-electron chi connectivity index (χ0n) is 18.8. The van der Waals surface area contributed by atoms with Gasteiger partial charge in [0.2, 0.25) is 5.91 Å². The van der Waals surface area contributed by atoms with Crippen LogP contribution < -0.4 is 14.8 Å². The van der Waals surface area contributed by atoms with Gasteiger partial charge in [0.05, 0.1) is 7.11 Å². The van der Waals surface area contributed by atoms with E-state index in [9.17, 15) is 9.59 Å². The lowest BCUT2D eigenvalue weighted by atomic mass is 10.1. The number of nitrogens with one attached hydrogen (secondary N) is 1. The standard InChI is InChI=1S/C26H30N2O4/c1-4-23(26(30)27-5-2)28(17-19-10-8-13-21(16-19)31-3)25(29)18-32-24-15-9-12-20-11-6-7-14-22(20)24/h6-16,23H,4-5,17-18H2,1-3H3,(H,27,30). The molecule has 1 atom stereocenters. The summed E-state index contributed by atoms with van der Waals surface area (Å²) in [6, 6.07) is 20.5. The molecule has 0 saturated carbocycles. The average molecular weight is 435 g/mol. The molecule has 0 aromatic heterocycles. The smallest absolute Gasteiger partial charge is 0.261 e. The highest BCUT2D eigenvalue weighted by molar-refractivity contribution is 5.90. The van der Waals surface area contributed by atoms with E-state index < -0.39 is 6.04 Å². The second kappa shape index (κ2) is 11.2. The largest absolute Gasteiger partial charge is 0.497 e. The van der Waals surface area contributed by atoms with Crippen LogP contribution in [-0.2, 0) is 16.1 Å². The van der Waals surface area contributed by atoms with Gasteiger partial charge in [-0.05, 0) is 42.5 Å². The van der Waals surface area contributed by atoms with E-state index in [0.29, 0.717) is 24.5 Å². The number of carbonyl (C=O) groups is 2. The van der Waals surface area contributed by atoms with Crippen molar-refractivity contribution in [1.29, 1.82) is 0 Å². The Kier molecular flexibility index (Phi) is 8.08. The van der Waals surface area contributed by atoms with Crippen molar-refractivity contribution in [2.24, 2.45) is 0 Å². The molecule has 3 aromatic rings. The Morgan fingerprint density at radius 2 is 1.75 bits per heavy atom. The lowest BCUT2D eigenvalue weighted by molar-refractivity contribution is -0.142. The molecule has 0 fully saturated rings. The minimum absolute atomic E-state index is 0.159. The van der Waals surface area contributed by atoms with Crippen molar-refractivity contribution < 1.29 is 19.1 Å². The van der Waals surface area contributed by atoms with Gasteiger partial charge in [-0.1, -0.05) is 55.5 Å². The second-order valence-corrected chi connectivity index (χ2v) is 7.46. The first-order chi connectivity index (χ1) is 15.6. The van der Waals surface area contributed by atoms with Crippen molar-refractivity contribution in [3.05, 3.63) is 72.3 Å². The lowest BCUT2D eigenvalue weighted by Crippen LogP contribution is -2.50. The Balaban J connectivity index is 1.83. The van der Waals surface area contributed by atoms with Gasteiger partial charge in [0.15, 0.2) is 6.61 Å². The van der Waals surface area contributed by atoms with Crippen LogP contribution in [0.3, 0.4) is 0 Å². The molecule has 0 radical (unpaired) electrons. The topological polar surface area (TPSA) is 67.9 Å². The molecule has 0 heterocycles. The molecular weight excluding hydrogens is 404 g/mol. The monoisotopic (exact) mass is 434 g/mol. The zero-order valence-corrected chi connectivity index (χ0v) is 18.8. The quantitative estimate of drug-likeness (QED) is 0.520. The number of hydrogen-bond acceptors (Lipinski definition) is 4. The van der Waals surface area contributed by atoms with Crippen LogP contribution in [-0.4, -0.2) is 43.0 Å². The molecule has 2 amide bonds. The van der Waals surface area contributed by atoms with Gasteiger partial charge in [0.1, 0.15) is 17.5 Å². The molecule has 32 heavy (non-hydrogen) atoms. The van der Waals surface area contributed by atoms with E-state index in [1.165, 1.54) is 0 Å². The van der Waals surface area contributed by atoms with Crippen LogP contribution in [0.4, 0.5) is 0 Å². The number of rotatable bonds is 10. The molecule has 0 spiro atoms. The molecule has 168 valence electrons. The van der Waals surface area contributed by atoms with Crippen molar-refractivity contribution in [3.8, 4) is 11.5 Å². The number of fused-ring (bicyclic) bond motifs is 1. The van der Waals surface area contributed by atoms with Crippen molar-refractivity contribution in [2.75, 3.05) is 20.3 Å². The number of carbonyl (C=O) groups excluding carboxylic acids is 2. The molecule has 1 N–H and O–H groups in total. The van der Waals surface area contributed by atoms with Gasteiger partial charge in [-0.25, -0.2) is 0 Å². The van der Waals surface area contributed by atoms with Gasteiger partial charge in [0, 0.05) is 18.5 Å². The number of hydrogen-bond donors (Lipinski definition) is 1. The van der Waals surface area contributed by atoms with Gasteiger partial charge >= 0.3 is 0 Å². The Hall–Kier alpha value is -3.54. The number of benzene rings is 3. The van der Waals surface area contributed by atoms with E-state index in [1.807, 2.05) is 80.6 Å². The van der Waals surface area contributed by atoms with E-state index >= 15 is 0 Å². The van der Waals surface area contributed by atoms with Crippen molar-refractivity contribution in [1.82, 2.24) is 10.2 Å². The van der Waals surface area contributed by atoms with E-state index in [0.717, 1.165) is 16.3 Å². The van der Waals surface area contributed by atoms with E-state index in [2.05, 4.69) is 5.32 Å². The Bertz CT molecular complexity index is 1060. The maximum absolute atomic E-state index is 13.3.